The van der Waals surface area contributed by atoms with Crippen LogP contribution >= 0.6 is 0 Å². The number of piperidine rings is 1. The fourth-order valence-corrected chi connectivity index (χ4v) is 6.13. The molecule has 3 heterocycles. The molecule has 1 aliphatic carbocycles. The standard InChI is InChI=1S/C25H32N6O3/c1-14(15-4-6-16(7-5-15)23(32)28(2)3)30-19-10-22(25(30)34)29(12-19)13-20(27)24(33)31-18(11-26)8-17-9-21(17)31/h4-7,14,17-22H,8-10,12-13,27H2,1-3H3/t14-,17-,18+,19?,20+,21+,22-/m1/s1. The van der Waals surface area contributed by atoms with E-state index in [4.69, 9.17) is 5.73 Å². The van der Waals surface area contributed by atoms with E-state index in [-0.39, 0.29) is 47.9 Å². The Kier molecular flexibility index (Phi) is 5.61. The number of nitriles is 1. The molecule has 4 aliphatic rings. The van der Waals surface area contributed by atoms with Crippen molar-refractivity contribution >= 4 is 17.7 Å². The number of benzene rings is 1. The molecule has 34 heavy (non-hydrogen) atoms. The van der Waals surface area contributed by atoms with Crippen LogP contribution < -0.4 is 5.73 Å². The summed E-state index contributed by atoms with van der Waals surface area (Å²) in [5.41, 5.74) is 7.91. The van der Waals surface area contributed by atoms with Crippen LogP contribution in [0.4, 0.5) is 0 Å². The molecule has 3 aliphatic heterocycles. The normalized spacial score (nSPS) is 31.3. The Bertz CT molecular complexity index is 1050. The summed E-state index contributed by atoms with van der Waals surface area (Å²) >= 11 is 0. The van der Waals surface area contributed by atoms with Crippen molar-refractivity contribution in [1.82, 2.24) is 19.6 Å². The van der Waals surface area contributed by atoms with E-state index in [9.17, 15) is 19.6 Å². The summed E-state index contributed by atoms with van der Waals surface area (Å²) in [6.45, 7) is 3.04. The minimum Gasteiger partial charge on any atom is -0.345 e. The first kappa shape index (κ1) is 22.8. The predicted molar refractivity (Wildman–Crippen MR) is 124 cm³/mol. The topological polar surface area (TPSA) is 114 Å². The minimum absolute atomic E-state index is 0.0516. The van der Waals surface area contributed by atoms with Gasteiger partial charge in [-0.3, -0.25) is 19.3 Å². The number of hydrogen-bond acceptors (Lipinski definition) is 6. The van der Waals surface area contributed by atoms with Gasteiger partial charge in [0.25, 0.3) is 5.91 Å². The highest BCUT2D eigenvalue weighted by atomic mass is 16.2. The maximum Gasteiger partial charge on any atom is 0.253 e. The maximum absolute atomic E-state index is 13.3. The van der Waals surface area contributed by atoms with Crippen LogP contribution in [0.5, 0.6) is 0 Å². The van der Waals surface area contributed by atoms with Crippen LogP contribution in [-0.4, -0.2) is 94.7 Å². The molecule has 1 unspecified atom stereocenters. The lowest BCUT2D eigenvalue weighted by atomic mass is 10.0. The van der Waals surface area contributed by atoms with Crippen molar-refractivity contribution in [1.29, 1.82) is 5.26 Å². The summed E-state index contributed by atoms with van der Waals surface area (Å²) in [5.74, 6) is 0.305. The molecular weight excluding hydrogens is 432 g/mol. The molecule has 0 radical (unpaired) electrons. The van der Waals surface area contributed by atoms with Crippen molar-refractivity contribution in [2.24, 2.45) is 11.7 Å². The van der Waals surface area contributed by atoms with Crippen molar-refractivity contribution in [3.63, 3.8) is 0 Å². The molecule has 3 saturated heterocycles. The number of carbonyl (C=O) groups excluding carboxylic acids is 3. The SMILES string of the molecule is C[C@H](c1ccc(C(=O)N(C)C)cc1)N1C(=O)[C@H]2CC1CN2C[C@H](N)C(=O)N1[C@H](C#N)C[C@@H]2C[C@@H]21. The molecule has 1 aromatic carbocycles. The van der Waals surface area contributed by atoms with E-state index in [1.54, 1.807) is 36.0 Å². The van der Waals surface area contributed by atoms with Gasteiger partial charge in [0.05, 0.1) is 24.2 Å². The van der Waals surface area contributed by atoms with Crippen LogP contribution in [0, 0.1) is 17.2 Å². The highest BCUT2D eigenvalue weighted by Crippen LogP contribution is 2.48. The number of nitrogens with two attached hydrogens (primary N) is 1. The van der Waals surface area contributed by atoms with Gasteiger partial charge in [-0.1, -0.05) is 12.1 Å². The van der Waals surface area contributed by atoms with Gasteiger partial charge < -0.3 is 20.4 Å². The molecule has 0 aromatic heterocycles. The Hall–Kier alpha value is -2.96. The van der Waals surface area contributed by atoms with Gasteiger partial charge in [0.15, 0.2) is 0 Å². The maximum atomic E-state index is 13.3. The number of fused-ring (bicyclic) bond motifs is 3. The van der Waals surface area contributed by atoms with Crippen LogP contribution in [0.15, 0.2) is 24.3 Å². The summed E-state index contributed by atoms with van der Waals surface area (Å²) < 4.78 is 0. The van der Waals surface area contributed by atoms with Crippen molar-refractivity contribution in [2.75, 3.05) is 27.2 Å². The fourth-order valence-electron chi connectivity index (χ4n) is 6.13. The van der Waals surface area contributed by atoms with Gasteiger partial charge in [0, 0.05) is 44.8 Å². The molecule has 0 spiro atoms. The highest BCUT2D eigenvalue weighted by molar-refractivity contribution is 5.94. The zero-order valence-corrected chi connectivity index (χ0v) is 19.9. The van der Waals surface area contributed by atoms with E-state index in [1.165, 1.54) is 0 Å². The zero-order chi connectivity index (χ0) is 24.3. The number of hydrogen-bond donors (Lipinski definition) is 1. The Morgan fingerprint density at radius 2 is 1.91 bits per heavy atom. The molecule has 7 atom stereocenters. The van der Waals surface area contributed by atoms with Crippen LogP contribution in [-0.2, 0) is 9.59 Å². The van der Waals surface area contributed by atoms with Gasteiger partial charge >= 0.3 is 0 Å². The monoisotopic (exact) mass is 464 g/mol. The van der Waals surface area contributed by atoms with E-state index < -0.39 is 6.04 Å². The second-order valence-electron chi connectivity index (χ2n) is 10.4. The fraction of sp³-hybridized carbons (Fsp3) is 0.600. The van der Waals surface area contributed by atoms with Crippen LogP contribution in [0.1, 0.15) is 48.1 Å². The molecule has 2 N–H and O–H groups in total. The molecule has 5 rings (SSSR count). The zero-order valence-electron chi connectivity index (χ0n) is 19.9. The molecule has 180 valence electrons. The number of piperazine rings is 1. The highest BCUT2D eigenvalue weighted by Gasteiger charge is 2.56. The molecule has 9 heteroatoms. The van der Waals surface area contributed by atoms with Gasteiger partial charge in [0.1, 0.15) is 6.04 Å². The predicted octanol–water partition coefficient (Wildman–Crippen LogP) is 0.575. The second-order valence-corrected chi connectivity index (χ2v) is 10.4. The van der Waals surface area contributed by atoms with Gasteiger partial charge in [-0.15, -0.1) is 0 Å². The van der Waals surface area contributed by atoms with E-state index in [1.807, 2.05) is 28.9 Å². The molecule has 1 saturated carbocycles. The average molecular weight is 465 g/mol. The number of amides is 3. The summed E-state index contributed by atoms with van der Waals surface area (Å²) in [7, 11) is 3.44. The molecule has 9 nitrogen and oxygen atoms in total. The Morgan fingerprint density at radius 1 is 1.21 bits per heavy atom. The van der Waals surface area contributed by atoms with Crippen molar-refractivity contribution < 1.29 is 14.4 Å². The molecule has 2 bridgehead atoms. The van der Waals surface area contributed by atoms with E-state index in [2.05, 4.69) is 6.07 Å². The number of carbonyl (C=O) groups is 3. The number of rotatable bonds is 6. The number of likely N-dealkylation sites (tertiary alicyclic amines) is 3. The number of nitrogens with zero attached hydrogens (tertiary/aromatic N) is 5. The molecule has 1 aromatic rings. The van der Waals surface area contributed by atoms with Crippen molar-refractivity contribution in [3.05, 3.63) is 35.4 Å². The van der Waals surface area contributed by atoms with E-state index >= 15 is 0 Å². The molecule has 3 amide bonds. The summed E-state index contributed by atoms with van der Waals surface area (Å²) in [4.78, 5) is 45.6. The average Bonchev–Trinajstić information content (AvgIpc) is 3.15. The van der Waals surface area contributed by atoms with Crippen molar-refractivity contribution in [2.45, 2.75) is 62.4 Å². The van der Waals surface area contributed by atoms with E-state index in [0.717, 1.165) is 24.8 Å². The lowest BCUT2D eigenvalue weighted by Gasteiger charge is -2.38. The third kappa shape index (κ3) is 3.65. The van der Waals surface area contributed by atoms with Crippen LogP contribution in [0.3, 0.4) is 0 Å². The van der Waals surface area contributed by atoms with Gasteiger partial charge in [-0.05, 0) is 49.8 Å². The first-order valence-electron chi connectivity index (χ1n) is 12.1. The second kappa shape index (κ2) is 8.36. The lowest BCUT2D eigenvalue weighted by molar-refractivity contribution is -0.141. The lowest BCUT2D eigenvalue weighted by Crippen LogP contribution is -2.57. The first-order valence-corrected chi connectivity index (χ1v) is 12.1. The van der Waals surface area contributed by atoms with Crippen LogP contribution in [0.2, 0.25) is 0 Å². The Balaban J connectivity index is 1.21. The summed E-state index contributed by atoms with van der Waals surface area (Å²) in [5, 5.41) is 9.39. The quantitative estimate of drug-likeness (QED) is 0.659. The minimum atomic E-state index is -0.727. The van der Waals surface area contributed by atoms with Crippen molar-refractivity contribution in [3.8, 4) is 6.07 Å². The molecular formula is C25H32N6O3. The first-order chi connectivity index (χ1) is 16.2. The Morgan fingerprint density at radius 3 is 2.53 bits per heavy atom. The van der Waals surface area contributed by atoms with E-state index in [0.29, 0.717) is 24.6 Å². The molecule has 4 fully saturated rings. The van der Waals surface area contributed by atoms with Gasteiger partial charge in [0.2, 0.25) is 11.8 Å². The van der Waals surface area contributed by atoms with Gasteiger partial charge in [-0.25, -0.2) is 0 Å². The third-order valence-electron chi connectivity index (χ3n) is 8.03. The summed E-state index contributed by atoms with van der Waals surface area (Å²) in [6.07, 6.45) is 2.46. The summed E-state index contributed by atoms with van der Waals surface area (Å²) in [6, 6.07) is 8.48. The Labute approximate surface area is 200 Å². The largest absolute Gasteiger partial charge is 0.345 e. The smallest absolute Gasteiger partial charge is 0.253 e. The van der Waals surface area contributed by atoms with Crippen LogP contribution in [0.25, 0.3) is 0 Å². The van der Waals surface area contributed by atoms with Gasteiger partial charge in [-0.2, -0.15) is 5.26 Å². The third-order valence-corrected chi connectivity index (χ3v) is 8.03.